The van der Waals surface area contributed by atoms with Gasteiger partial charge >= 0.3 is 5.82 Å². The molecule has 3 aromatic heterocycles. The van der Waals surface area contributed by atoms with Crippen LogP contribution in [0.5, 0.6) is 0 Å². The number of nitrogens with zero attached hydrogens (tertiary/aromatic N) is 7. The van der Waals surface area contributed by atoms with Gasteiger partial charge in [-0.25, -0.2) is 9.67 Å². The molecule has 1 N–H and O–H groups in total. The van der Waals surface area contributed by atoms with Gasteiger partial charge in [0.1, 0.15) is 12.1 Å². The maximum Gasteiger partial charge on any atom is 0.390 e. The van der Waals surface area contributed by atoms with E-state index >= 15 is 0 Å². The first-order chi connectivity index (χ1) is 15.7. The number of halogens is 2. The summed E-state index contributed by atoms with van der Waals surface area (Å²) in [6.07, 6.45) is 1.45. The summed E-state index contributed by atoms with van der Waals surface area (Å²) in [6, 6.07) is 6.46. The molecule has 0 saturated heterocycles. The summed E-state index contributed by atoms with van der Waals surface area (Å²) in [6.45, 7) is 3.69. The fourth-order valence-electron chi connectivity index (χ4n) is 3.06. The lowest BCUT2D eigenvalue weighted by molar-refractivity contribution is -0.389. The molecule has 0 radical (unpaired) electrons. The second kappa shape index (κ2) is 9.00. The van der Waals surface area contributed by atoms with Crippen LogP contribution in [0.1, 0.15) is 33.1 Å². The zero-order valence-corrected chi connectivity index (χ0v) is 18.8. The summed E-state index contributed by atoms with van der Waals surface area (Å²) in [4.78, 5) is 27.3. The molecule has 12 nitrogen and oxygen atoms in total. The van der Waals surface area contributed by atoms with Gasteiger partial charge in [0.05, 0.1) is 35.5 Å². The Balaban J connectivity index is 1.49. The number of carbonyl (C=O) groups excluding carboxylic acids is 1. The number of hydrogen-bond acceptors (Lipinski definition) is 8. The lowest BCUT2D eigenvalue weighted by Crippen LogP contribution is -2.17. The summed E-state index contributed by atoms with van der Waals surface area (Å²) in [7, 11) is 0. The standard InChI is InChI=1S/C19H16Cl2N8O4/c1-10-5-16(29(31)32)24-28(10)8-14-11(2)33-26-17(14)18(30)23-19-22-9-27(25-19)7-12-3-4-13(20)6-15(12)21/h3-6,9H,7-8H2,1-2H3,(H,23,25,30). The van der Waals surface area contributed by atoms with Crippen molar-refractivity contribution >= 4 is 40.9 Å². The second-order valence-electron chi connectivity index (χ2n) is 7.08. The van der Waals surface area contributed by atoms with E-state index < -0.39 is 10.8 Å². The number of aromatic nitrogens is 6. The molecular weight excluding hydrogens is 475 g/mol. The van der Waals surface area contributed by atoms with Gasteiger partial charge in [-0.05, 0) is 36.5 Å². The van der Waals surface area contributed by atoms with Crippen molar-refractivity contribution < 1.29 is 14.2 Å². The first-order valence-corrected chi connectivity index (χ1v) is 10.3. The fraction of sp³-hybridized carbons (Fsp3) is 0.211. The molecule has 1 amide bonds. The summed E-state index contributed by atoms with van der Waals surface area (Å²) in [5.74, 6) is -0.442. The number of nitro groups is 1. The Bertz CT molecular complexity index is 1360. The molecule has 4 rings (SSSR count). The minimum atomic E-state index is -0.594. The lowest BCUT2D eigenvalue weighted by Gasteiger charge is -2.04. The molecule has 0 aliphatic rings. The van der Waals surface area contributed by atoms with Crippen molar-refractivity contribution in [1.82, 2.24) is 29.7 Å². The normalized spacial score (nSPS) is 11.0. The first-order valence-electron chi connectivity index (χ1n) is 9.50. The number of benzene rings is 1. The van der Waals surface area contributed by atoms with Crippen molar-refractivity contribution in [2.24, 2.45) is 0 Å². The van der Waals surface area contributed by atoms with Crippen molar-refractivity contribution in [1.29, 1.82) is 0 Å². The third-order valence-electron chi connectivity index (χ3n) is 4.77. The van der Waals surface area contributed by atoms with E-state index in [-0.39, 0.29) is 24.0 Å². The number of carbonyl (C=O) groups is 1. The van der Waals surface area contributed by atoms with Crippen molar-refractivity contribution in [3.63, 3.8) is 0 Å². The monoisotopic (exact) mass is 490 g/mol. The van der Waals surface area contributed by atoms with Gasteiger partial charge in [0.2, 0.25) is 5.95 Å². The van der Waals surface area contributed by atoms with E-state index in [1.165, 1.54) is 21.8 Å². The Morgan fingerprint density at radius 2 is 2.00 bits per heavy atom. The average Bonchev–Trinajstić information content (AvgIpc) is 3.45. The highest BCUT2D eigenvalue weighted by atomic mass is 35.5. The number of hydrogen-bond donors (Lipinski definition) is 1. The molecule has 0 fully saturated rings. The molecule has 14 heteroatoms. The molecule has 170 valence electrons. The minimum Gasteiger partial charge on any atom is -0.361 e. The largest absolute Gasteiger partial charge is 0.390 e. The number of nitrogens with one attached hydrogen (secondary N) is 1. The molecule has 4 aromatic rings. The van der Waals surface area contributed by atoms with Crippen LogP contribution in [0.2, 0.25) is 10.0 Å². The van der Waals surface area contributed by atoms with Gasteiger partial charge in [0.15, 0.2) is 5.69 Å². The van der Waals surface area contributed by atoms with E-state index in [2.05, 4.69) is 25.7 Å². The maximum atomic E-state index is 12.8. The van der Waals surface area contributed by atoms with Crippen molar-refractivity contribution in [3.05, 3.63) is 79.0 Å². The first kappa shape index (κ1) is 22.4. The summed E-state index contributed by atoms with van der Waals surface area (Å²) < 4.78 is 8.08. The minimum absolute atomic E-state index is 0.00199. The van der Waals surface area contributed by atoms with E-state index in [1.807, 2.05) is 0 Å². The number of rotatable bonds is 7. The van der Waals surface area contributed by atoms with E-state index in [0.717, 1.165) is 5.56 Å². The molecule has 0 unspecified atom stereocenters. The van der Waals surface area contributed by atoms with Crippen molar-refractivity contribution in [2.75, 3.05) is 5.32 Å². The maximum absolute atomic E-state index is 12.8. The van der Waals surface area contributed by atoms with Crippen LogP contribution in [0.25, 0.3) is 0 Å². The molecule has 0 atom stereocenters. The van der Waals surface area contributed by atoms with Gasteiger partial charge in [0, 0.05) is 10.0 Å². The van der Waals surface area contributed by atoms with Crippen LogP contribution in [-0.2, 0) is 13.1 Å². The highest BCUT2D eigenvalue weighted by molar-refractivity contribution is 6.35. The molecule has 33 heavy (non-hydrogen) atoms. The molecule has 0 bridgehead atoms. The summed E-state index contributed by atoms with van der Waals surface area (Å²) in [5, 5.41) is 26.5. The Hall–Kier alpha value is -3.77. The SMILES string of the molecule is Cc1onc(C(=O)Nc2ncn(Cc3ccc(Cl)cc3Cl)n2)c1Cn1nc([N+](=O)[O-])cc1C. The molecule has 3 heterocycles. The van der Waals surface area contributed by atoms with Crippen LogP contribution in [0.15, 0.2) is 35.1 Å². The van der Waals surface area contributed by atoms with Crippen LogP contribution in [0.4, 0.5) is 11.8 Å². The number of anilines is 1. The van der Waals surface area contributed by atoms with Gasteiger partial charge in [-0.2, -0.15) is 4.68 Å². The number of aryl methyl sites for hydroxylation is 2. The van der Waals surface area contributed by atoms with Gasteiger partial charge in [-0.15, -0.1) is 5.10 Å². The summed E-state index contributed by atoms with van der Waals surface area (Å²) in [5.41, 5.74) is 1.76. The Morgan fingerprint density at radius 1 is 1.21 bits per heavy atom. The summed E-state index contributed by atoms with van der Waals surface area (Å²) >= 11 is 12.1. The lowest BCUT2D eigenvalue weighted by atomic mass is 10.2. The van der Waals surface area contributed by atoms with Crippen LogP contribution in [-0.4, -0.2) is 40.5 Å². The van der Waals surface area contributed by atoms with Gasteiger partial charge in [-0.3, -0.25) is 10.1 Å². The molecule has 0 saturated carbocycles. The zero-order chi connectivity index (χ0) is 23.7. The highest BCUT2D eigenvalue weighted by Gasteiger charge is 2.24. The molecular formula is C19H16Cl2N8O4. The van der Waals surface area contributed by atoms with Crippen LogP contribution in [0, 0.1) is 24.0 Å². The Morgan fingerprint density at radius 3 is 2.70 bits per heavy atom. The van der Waals surface area contributed by atoms with E-state index in [1.54, 1.807) is 32.0 Å². The molecule has 0 aliphatic carbocycles. The Labute approximate surface area is 196 Å². The van der Waals surface area contributed by atoms with Crippen LogP contribution >= 0.6 is 23.2 Å². The smallest absolute Gasteiger partial charge is 0.361 e. The predicted octanol–water partition coefficient (Wildman–Crippen LogP) is 3.64. The topological polar surface area (TPSA) is 147 Å². The zero-order valence-electron chi connectivity index (χ0n) is 17.3. The quantitative estimate of drug-likeness (QED) is 0.305. The third kappa shape index (κ3) is 4.86. The van der Waals surface area contributed by atoms with Crippen molar-refractivity contribution in [3.8, 4) is 0 Å². The molecule has 0 aliphatic heterocycles. The predicted molar refractivity (Wildman–Crippen MR) is 117 cm³/mol. The Kier molecular flexibility index (Phi) is 6.11. The number of amides is 1. The second-order valence-corrected chi connectivity index (χ2v) is 7.92. The van der Waals surface area contributed by atoms with Gasteiger partial charge in [-0.1, -0.05) is 34.4 Å². The third-order valence-corrected chi connectivity index (χ3v) is 5.36. The van der Waals surface area contributed by atoms with Crippen LogP contribution < -0.4 is 5.32 Å². The van der Waals surface area contributed by atoms with E-state index in [0.29, 0.717) is 33.6 Å². The average molecular weight is 491 g/mol. The fourth-order valence-corrected chi connectivity index (χ4v) is 3.53. The van der Waals surface area contributed by atoms with Gasteiger partial charge < -0.3 is 14.6 Å². The molecule has 0 spiro atoms. The van der Waals surface area contributed by atoms with E-state index in [4.69, 9.17) is 27.7 Å². The van der Waals surface area contributed by atoms with E-state index in [9.17, 15) is 14.9 Å². The van der Waals surface area contributed by atoms with Crippen LogP contribution in [0.3, 0.4) is 0 Å². The van der Waals surface area contributed by atoms with Crippen molar-refractivity contribution in [2.45, 2.75) is 26.9 Å². The molecule has 1 aromatic carbocycles. The highest BCUT2D eigenvalue weighted by Crippen LogP contribution is 2.22. The van der Waals surface area contributed by atoms with Gasteiger partial charge in [0.25, 0.3) is 5.91 Å².